The van der Waals surface area contributed by atoms with Crippen LogP contribution in [-0.2, 0) is 6.54 Å². The number of rotatable bonds is 5. The van der Waals surface area contributed by atoms with Gasteiger partial charge in [-0.15, -0.1) is 0 Å². The number of aryl methyl sites for hydroxylation is 1. The van der Waals surface area contributed by atoms with Gasteiger partial charge in [0.1, 0.15) is 0 Å². The van der Waals surface area contributed by atoms with Crippen molar-refractivity contribution in [3.63, 3.8) is 0 Å². The molecule has 1 aromatic heterocycles. The first-order valence-corrected chi connectivity index (χ1v) is 7.60. The largest absolute Gasteiger partial charge is 0.346 e. The van der Waals surface area contributed by atoms with E-state index in [1.165, 1.54) is 48.7 Å². The second-order valence-electron chi connectivity index (χ2n) is 5.88. The number of nitrogens with zero attached hydrogens (tertiary/aromatic N) is 1. The molecule has 1 saturated carbocycles. The van der Waals surface area contributed by atoms with Gasteiger partial charge in [-0.3, -0.25) is 0 Å². The second kappa shape index (κ2) is 5.79. The lowest BCUT2D eigenvalue weighted by Crippen LogP contribution is -2.25. The van der Waals surface area contributed by atoms with Crippen LogP contribution in [0.15, 0.2) is 30.5 Å². The Morgan fingerprint density at radius 3 is 2.84 bits per heavy atom. The van der Waals surface area contributed by atoms with Crippen molar-refractivity contribution in [1.82, 2.24) is 9.88 Å². The van der Waals surface area contributed by atoms with Crippen molar-refractivity contribution in [3.05, 3.63) is 36.0 Å². The van der Waals surface area contributed by atoms with Crippen LogP contribution in [0.5, 0.6) is 0 Å². The van der Waals surface area contributed by atoms with E-state index in [1.54, 1.807) is 0 Å². The van der Waals surface area contributed by atoms with Crippen molar-refractivity contribution in [3.8, 4) is 0 Å². The molecule has 3 rings (SSSR count). The van der Waals surface area contributed by atoms with Gasteiger partial charge in [0.05, 0.1) is 0 Å². The molecule has 1 fully saturated rings. The van der Waals surface area contributed by atoms with E-state index in [0.29, 0.717) is 0 Å². The van der Waals surface area contributed by atoms with Crippen LogP contribution in [0.25, 0.3) is 10.9 Å². The summed E-state index contributed by atoms with van der Waals surface area (Å²) < 4.78 is 2.38. The van der Waals surface area contributed by atoms with Gasteiger partial charge in [0.2, 0.25) is 0 Å². The van der Waals surface area contributed by atoms with E-state index in [2.05, 4.69) is 47.3 Å². The van der Waals surface area contributed by atoms with Gasteiger partial charge in [-0.25, -0.2) is 0 Å². The van der Waals surface area contributed by atoms with Crippen LogP contribution in [0.3, 0.4) is 0 Å². The number of nitrogens with one attached hydrogen (secondary N) is 1. The minimum Gasteiger partial charge on any atom is -0.346 e. The van der Waals surface area contributed by atoms with E-state index in [1.807, 2.05) is 0 Å². The second-order valence-corrected chi connectivity index (χ2v) is 5.88. The molecule has 2 aromatic rings. The molecule has 2 heteroatoms. The molecule has 1 heterocycles. The third kappa shape index (κ3) is 2.84. The Morgan fingerprint density at radius 1 is 1.21 bits per heavy atom. The van der Waals surface area contributed by atoms with Crippen molar-refractivity contribution in [2.45, 2.75) is 39.2 Å². The number of hydrogen-bond acceptors (Lipinski definition) is 1. The first kappa shape index (κ1) is 12.7. The zero-order valence-corrected chi connectivity index (χ0v) is 11.9. The number of fused-ring (bicyclic) bond motifs is 1. The fraction of sp³-hybridized carbons (Fsp3) is 0.529. The van der Waals surface area contributed by atoms with Crippen molar-refractivity contribution >= 4 is 10.9 Å². The summed E-state index contributed by atoms with van der Waals surface area (Å²) in [6.45, 7) is 5.55. The Morgan fingerprint density at radius 2 is 2.00 bits per heavy atom. The lowest BCUT2D eigenvalue weighted by molar-refractivity contribution is 0.478. The molecule has 1 aromatic carbocycles. The van der Waals surface area contributed by atoms with E-state index in [-0.39, 0.29) is 0 Å². The first-order valence-electron chi connectivity index (χ1n) is 7.60. The van der Waals surface area contributed by atoms with Gasteiger partial charge in [-0.1, -0.05) is 31.0 Å². The number of hydrogen-bond donors (Lipinski definition) is 1. The lowest BCUT2D eigenvalue weighted by Gasteiger charge is -2.11. The van der Waals surface area contributed by atoms with Crippen LogP contribution in [0.1, 0.15) is 31.2 Å². The van der Waals surface area contributed by atoms with E-state index < -0.39 is 0 Å². The predicted octanol–water partition coefficient (Wildman–Crippen LogP) is 3.73. The van der Waals surface area contributed by atoms with E-state index in [9.17, 15) is 0 Å². The zero-order chi connectivity index (χ0) is 13.1. The Bertz CT molecular complexity index is 535. The molecule has 2 nitrogen and oxygen atoms in total. The summed E-state index contributed by atoms with van der Waals surface area (Å²) in [4.78, 5) is 0. The van der Waals surface area contributed by atoms with Gasteiger partial charge in [0.25, 0.3) is 0 Å². The van der Waals surface area contributed by atoms with Crippen LogP contribution < -0.4 is 5.32 Å². The minimum atomic E-state index is 0.933. The highest BCUT2D eigenvalue weighted by molar-refractivity contribution is 5.83. The van der Waals surface area contributed by atoms with Crippen LogP contribution in [0, 0.1) is 12.8 Å². The van der Waals surface area contributed by atoms with Crippen LogP contribution >= 0.6 is 0 Å². The monoisotopic (exact) mass is 256 g/mol. The molecule has 0 spiro atoms. The maximum absolute atomic E-state index is 3.63. The highest BCUT2D eigenvalue weighted by atomic mass is 15.0. The Labute approximate surface area is 115 Å². The zero-order valence-electron chi connectivity index (χ0n) is 11.9. The van der Waals surface area contributed by atoms with Gasteiger partial charge in [-0.05, 0) is 43.9 Å². The Hall–Kier alpha value is -1.28. The summed E-state index contributed by atoms with van der Waals surface area (Å²) in [7, 11) is 0. The van der Waals surface area contributed by atoms with E-state index in [4.69, 9.17) is 0 Å². The van der Waals surface area contributed by atoms with E-state index in [0.717, 1.165) is 19.0 Å². The number of para-hydroxylation sites is 1. The first-order chi connectivity index (χ1) is 9.34. The van der Waals surface area contributed by atoms with Crippen molar-refractivity contribution < 1.29 is 0 Å². The molecule has 1 aliphatic rings. The fourth-order valence-corrected chi connectivity index (χ4v) is 3.34. The van der Waals surface area contributed by atoms with Gasteiger partial charge in [0.15, 0.2) is 0 Å². The highest BCUT2D eigenvalue weighted by Gasteiger charge is 2.13. The Kier molecular flexibility index (Phi) is 3.88. The Balaban J connectivity index is 1.56. The maximum atomic E-state index is 3.63. The molecule has 0 radical (unpaired) electrons. The summed E-state index contributed by atoms with van der Waals surface area (Å²) in [6.07, 6.45) is 8.01. The summed E-state index contributed by atoms with van der Waals surface area (Å²) in [5.74, 6) is 0.933. The molecule has 19 heavy (non-hydrogen) atoms. The molecule has 1 N–H and O–H groups in total. The van der Waals surface area contributed by atoms with Crippen LogP contribution in [0.4, 0.5) is 0 Å². The number of benzene rings is 1. The van der Waals surface area contributed by atoms with Gasteiger partial charge in [-0.2, -0.15) is 0 Å². The van der Waals surface area contributed by atoms with Gasteiger partial charge < -0.3 is 9.88 Å². The SMILES string of the molecule is Cc1cn(CCNCC2CCCC2)c2ccccc12. The highest BCUT2D eigenvalue weighted by Crippen LogP contribution is 2.23. The average molecular weight is 256 g/mol. The molecule has 0 unspecified atom stereocenters. The molecule has 0 aliphatic heterocycles. The van der Waals surface area contributed by atoms with Crippen LogP contribution in [-0.4, -0.2) is 17.7 Å². The average Bonchev–Trinajstić information content (AvgIpc) is 3.04. The fourth-order valence-electron chi connectivity index (χ4n) is 3.34. The minimum absolute atomic E-state index is 0.933. The molecule has 1 aliphatic carbocycles. The van der Waals surface area contributed by atoms with Crippen molar-refractivity contribution in [2.24, 2.45) is 5.92 Å². The molecule has 0 atom stereocenters. The van der Waals surface area contributed by atoms with Crippen LogP contribution in [0.2, 0.25) is 0 Å². The smallest absolute Gasteiger partial charge is 0.0483 e. The summed E-state index contributed by atoms with van der Waals surface area (Å²) >= 11 is 0. The third-order valence-electron chi connectivity index (χ3n) is 4.43. The molecule has 0 bridgehead atoms. The molecule has 0 amide bonds. The van der Waals surface area contributed by atoms with Crippen molar-refractivity contribution in [1.29, 1.82) is 0 Å². The molecule has 102 valence electrons. The maximum Gasteiger partial charge on any atom is 0.0483 e. The van der Waals surface area contributed by atoms with Gasteiger partial charge >= 0.3 is 0 Å². The molecule has 0 saturated heterocycles. The summed E-state index contributed by atoms with van der Waals surface area (Å²) in [5.41, 5.74) is 2.74. The van der Waals surface area contributed by atoms with E-state index >= 15 is 0 Å². The molecular formula is C17H24N2. The summed E-state index contributed by atoms with van der Waals surface area (Å²) in [6, 6.07) is 8.69. The normalized spacial score (nSPS) is 16.5. The van der Waals surface area contributed by atoms with Crippen molar-refractivity contribution in [2.75, 3.05) is 13.1 Å². The standard InChI is InChI=1S/C17H24N2/c1-14-13-19(17-9-5-4-8-16(14)17)11-10-18-12-15-6-2-3-7-15/h4-5,8-9,13,15,18H,2-3,6-7,10-12H2,1H3. The predicted molar refractivity (Wildman–Crippen MR) is 81.5 cm³/mol. The summed E-state index contributed by atoms with van der Waals surface area (Å²) in [5, 5.41) is 5.02. The topological polar surface area (TPSA) is 17.0 Å². The molecular weight excluding hydrogens is 232 g/mol. The lowest BCUT2D eigenvalue weighted by atomic mass is 10.1. The third-order valence-corrected chi connectivity index (χ3v) is 4.43. The quantitative estimate of drug-likeness (QED) is 0.807. The number of aromatic nitrogens is 1. The van der Waals surface area contributed by atoms with Gasteiger partial charge in [0, 0.05) is 30.2 Å².